The van der Waals surface area contributed by atoms with Crippen molar-refractivity contribution in [2.75, 3.05) is 11.5 Å². The summed E-state index contributed by atoms with van der Waals surface area (Å²) in [6.07, 6.45) is 0. The smallest absolute Gasteiger partial charge is 0.0550 e. The Morgan fingerprint density at radius 3 is 0.635 bits per heavy atom. The third-order valence-corrected chi connectivity index (χ3v) is 77.7. The van der Waals surface area contributed by atoms with E-state index in [1.807, 2.05) is 169 Å². The lowest BCUT2D eigenvalue weighted by Crippen LogP contribution is -2.42. The van der Waals surface area contributed by atoms with Crippen LogP contribution in [0.1, 0.15) is 52.7 Å². The molecule has 0 aliphatic heterocycles. The van der Waals surface area contributed by atoms with Gasteiger partial charge < -0.3 is 11.5 Å². The summed E-state index contributed by atoms with van der Waals surface area (Å²) in [4.78, 5) is 0. The van der Waals surface area contributed by atoms with Crippen LogP contribution in [0.2, 0.25) is 0 Å². The molecule has 0 bridgehead atoms. The van der Waals surface area contributed by atoms with Crippen molar-refractivity contribution in [1.82, 2.24) is 0 Å². The first-order valence-corrected chi connectivity index (χ1v) is 57.2. The SMILES string of the molecule is CC1(C)c2cc(N)c(N)cc2C(C)(C)C1(C)C.S=S=S=S=S=S=S=S=S=S=S=S=S=S=S=S=S=S=S=S=S=S=S=S=S=S=S=S=S=S=S=S=S=S=S. The molecule has 1 aromatic rings. The van der Waals surface area contributed by atoms with E-state index >= 15 is 0 Å². The number of anilines is 2. The molecule has 52 heavy (non-hydrogen) atoms. The Kier molecular flexibility index (Phi) is 39.1. The summed E-state index contributed by atoms with van der Waals surface area (Å²) in [5.41, 5.74) is 16.4. The Morgan fingerprint density at radius 2 is 0.481 bits per heavy atom. The van der Waals surface area contributed by atoms with Crippen LogP contribution in [0.25, 0.3) is 0 Å². The van der Waals surface area contributed by atoms with Crippen LogP contribution in [-0.4, -0.2) is 0 Å². The van der Waals surface area contributed by atoms with E-state index in [0.29, 0.717) is 11.4 Å². The number of nitrogen functional groups attached to an aromatic ring is 2. The Balaban J connectivity index is 0.000000654. The minimum absolute atomic E-state index is 0.105. The molecule has 1 aliphatic carbocycles. The van der Waals surface area contributed by atoms with Gasteiger partial charge in [0.1, 0.15) is 0 Å². The molecular weight excluding hydrogens is 1330 g/mol. The van der Waals surface area contributed by atoms with E-state index in [9.17, 15) is 0 Å². The van der Waals surface area contributed by atoms with Gasteiger partial charge in [-0.2, -0.15) is 0 Å². The van der Waals surface area contributed by atoms with E-state index in [1.165, 1.54) is 28.9 Å². The molecule has 0 aromatic heterocycles. The molecule has 0 atom stereocenters. The van der Waals surface area contributed by atoms with Crippen LogP contribution in [0.3, 0.4) is 0 Å². The van der Waals surface area contributed by atoms with E-state index < -0.39 is 0 Å². The van der Waals surface area contributed by atoms with Gasteiger partial charge in [0.25, 0.3) is 0 Å². The van der Waals surface area contributed by atoms with E-state index in [2.05, 4.69) is 53.7 Å². The molecule has 0 heterocycles. The normalized spacial score (nSPS) is 12.8. The number of benzene rings is 1. The first-order valence-electron chi connectivity index (χ1n) is 11.9. The molecule has 0 spiro atoms. The van der Waals surface area contributed by atoms with Crippen molar-refractivity contribution in [3.05, 3.63) is 23.3 Å². The maximum absolute atomic E-state index is 5.97. The number of nitrogens with two attached hydrogens (primary N) is 2. The average molecular weight is 1350 g/mol. The van der Waals surface area contributed by atoms with Gasteiger partial charge in [0, 0.05) is 315 Å². The molecule has 0 unspecified atom stereocenters. The molecule has 1 aliphatic rings. The summed E-state index contributed by atoms with van der Waals surface area (Å²) in [6, 6.07) is 4.14. The van der Waals surface area contributed by atoms with Crippen LogP contribution in [0.5, 0.6) is 0 Å². The van der Waals surface area contributed by atoms with Gasteiger partial charge in [0.2, 0.25) is 0 Å². The monoisotopic (exact) mass is 1350 g/mol. The zero-order valence-corrected chi connectivity index (χ0v) is 54.7. The number of fused-ring (bicyclic) bond motifs is 1. The van der Waals surface area contributed by atoms with Gasteiger partial charge in [-0.15, -0.1) is 0 Å². The zero-order valence-electron chi connectivity index (χ0n) is 26.1. The molecule has 2 rings (SSSR count). The maximum atomic E-state index is 5.97. The van der Waals surface area contributed by atoms with E-state index in [4.69, 9.17) is 33.8 Å². The predicted octanol–water partition coefficient (Wildman–Crippen LogP) is 3.36. The van der Waals surface area contributed by atoms with Crippen LogP contribution >= 0.6 is 0 Å². The lowest BCUT2D eigenvalue weighted by atomic mass is 9.59. The molecule has 2 nitrogen and oxygen atoms in total. The molecule has 37 heteroatoms. The molecule has 4 N–H and O–H groups in total. The summed E-state index contributed by atoms with van der Waals surface area (Å²) in [6.45, 7) is 13.9. The molecular formula is C15H24N2S35. The quantitative estimate of drug-likeness (QED) is 0.392. The van der Waals surface area contributed by atoms with Crippen LogP contribution in [0, 0.1) is 5.41 Å². The third-order valence-electron chi connectivity index (χ3n) is 6.58. The van der Waals surface area contributed by atoms with Crippen molar-refractivity contribution in [3.63, 3.8) is 0 Å². The lowest BCUT2D eigenvalue weighted by molar-refractivity contribution is 0.125. The van der Waals surface area contributed by atoms with Crippen molar-refractivity contribution in [2.24, 2.45) is 5.41 Å². The van der Waals surface area contributed by atoms with Crippen LogP contribution in [0.4, 0.5) is 11.4 Å². The standard InChI is InChI=1S/C15H24N2.S35/c1-13(2)9-7-11(16)12(17)8-10(9)14(3,4)15(13,5)6;1-3-5-7-9-11-13-15-17-19-21-23-25-27-29-31-33-35-34-32-30-28-26-24-22-20-18-16-14-12-10-8-6-4-2/h7-8H,16-17H2,1-6H3;. The van der Waals surface area contributed by atoms with Crippen molar-refractivity contribution in [3.8, 4) is 0 Å². The number of hydrogen-bond donors (Lipinski definition) is 2. The van der Waals surface area contributed by atoms with Crippen LogP contribution in [-0.2, 0) is 326 Å². The van der Waals surface area contributed by atoms with Gasteiger partial charge in [-0.3, -0.25) is 0 Å². The largest absolute Gasteiger partial charge is 0.397 e. The van der Waals surface area contributed by atoms with Gasteiger partial charge in [0.15, 0.2) is 0 Å². The van der Waals surface area contributed by atoms with Crippen molar-refractivity contribution < 1.29 is 0 Å². The molecule has 0 fully saturated rings. The van der Waals surface area contributed by atoms with Crippen LogP contribution < -0.4 is 11.5 Å². The second-order valence-electron chi connectivity index (χ2n) is 9.15. The summed E-state index contributed by atoms with van der Waals surface area (Å²) in [5.74, 6) is 0. The second kappa shape index (κ2) is 35.9. The van der Waals surface area contributed by atoms with Crippen molar-refractivity contribution in [1.29, 1.82) is 0 Å². The van der Waals surface area contributed by atoms with Crippen molar-refractivity contribution in [2.45, 2.75) is 52.4 Å². The minimum atomic E-state index is 0.105. The first kappa shape index (κ1) is 56.5. The second-order valence-corrected chi connectivity index (χ2v) is 67.5. The average Bonchev–Trinajstić information content (AvgIpc) is 3.20. The highest BCUT2D eigenvalue weighted by molar-refractivity contribution is 8.80. The van der Waals surface area contributed by atoms with E-state index in [-0.39, 0.29) is 16.2 Å². The molecule has 0 saturated heterocycles. The van der Waals surface area contributed by atoms with E-state index in [0.717, 1.165) is 0 Å². The highest BCUT2D eigenvalue weighted by Gasteiger charge is 2.56. The summed E-state index contributed by atoms with van der Waals surface area (Å²) in [7, 11) is 58.2. The van der Waals surface area contributed by atoms with Gasteiger partial charge >= 0.3 is 0 Å². The minimum Gasteiger partial charge on any atom is -0.397 e. The van der Waals surface area contributed by atoms with Crippen LogP contribution in [0.15, 0.2) is 12.1 Å². The third kappa shape index (κ3) is 24.4. The Hall–Kier alpha value is 6.52. The van der Waals surface area contributed by atoms with Crippen molar-refractivity contribution >= 4 is 327 Å². The predicted molar refractivity (Wildman–Crippen MR) is 333 cm³/mol. The van der Waals surface area contributed by atoms with E-state index in [1.54, 1.807) is 107 Å². The summed E-state index contributed by atoms with van der Waals surface area (Å²) < 4.78 is 0. The highest BCUT2D eigenvalue weighted by Crippen LogP contribution is 2.62. The Morgan fingerprint density at radius 1 is 0.327 bits per heavy atom. The topological polar surface area (TPSA) is 52.0 Å². The lowest BCUT2D eigenvalue weighted by Gasteiger charge is -2.44. The number of rotatable bonds is 0. The summed E-state index contributed by atoms with van der Waals surface area (Å²) in [5, 5.41) is 0. The summed E-state index contributed by atoms with van der Waals surface area (Å²) >= 11 is 9.59. The fraction of sp³-hybridized carbons (Fsp3) is 0.600. The zero-order chi connectivity index (χ0) is 38.6. The Labute approximate surface area is 409 Å². The van der Waals surface area contributed by atoms with Gasteiger partial charge in [0.05, 0.1) is 11.4 Å². The van der Waals surface area contributed by atoms with Gasteiger partial charge in [-0.1, -0.05) is 41.5 Å². The maximum Gasteiger partial charge on any atom is 0.0550 e. The molecule has 0 radical (unpaired) electrons. The van der Waals surface area contributed by atoms with Gasteiger partial charge in [-0.25, -0.2) is 0 Å². The fourth-order valence-corrected chi connectivity index (χ4v) is 88.5. The number of hydrogen-bond acceptors (Lipinski definition) is 4. The Bertz CT molecular complexity index is 2830. The van der Waals surface area contributed by atoms with Gasteiger partial charge in [-0.05, 0) is 39.5 Å². The molecule has 304 valence electrons. The molecule has 0 saturated carbocycles. The molecule has 0 amide bonds. The fourth-order valence-electron chi connectivity index (χ4n) is 3.47. The molecule has 1 aromatic carbocycles. The highest BCUT2D eigenvalue weighted by atomic mass is 33.5. The first-order chi connectivity index (χ1) is 24.9.